The number of alkyl halides is 6. The average molecular weight is 465 g/mol. The molecule has 0 N–H and O–H groups in total. The monoisotopic (exact) mass is 465 g/mol. The molecule has 1 aliphatic heterocycles. The Morgan fingerprint density at radius 2 is 1.59 bits per heavy atom. The lowest BCUT2D eigenvalue weighted by Gasteiger charge is -2.27. The first kappa shape index (κ1) is 23.4. The zero-order valence-electron chi connectivity index (χ0n) is 16.6. The number of nitrogens with zero attached hydrogens (tertiary/aromatic N) is 3. The maximum Gasteiger partial charge on any atom is 0.416 e. The van der Waals surface area contributed by atoms with E-state index < -0.39 is 47.7 Å². The lowest BCUT2D eigenvalue weighted by molar-refractivity contribution is -0.143. The molecule has 3 rings (SSSR count). The smallest absolute Gasteiger partial charge is 0.416 e. The Kier molecular flexibility index (Phi) is 6.37. The number of rotatable bonds is 4. The van der Waals surface area contributed by atoms with Crippen LogP contribution in [0.1, 0.15) is 39.8 Å². The third-order valence-corrected chi connectivity index (χ3v) is 4.55. The van der Waals surface area contributed by atoms with E-state index in [9.17, 15) is 35.9 Å². The van der Waals surface area contributed by atoms with Gasteiger partial charge in [-0.15, -0.1) is 0 Å². The zero-order valence-corrected chi connectivity index (χ0v) is 16.6. The number of hydrogen-bond acceptors (Lipinski definition) is 5. The van der Waals surface area contributed by atoms with Crippen molar-refractivity contribution in [2.24, 2.45) is 0 Å². The minimum Gasteiger partial charge on any atom is -0.461 e. The minimum atomic E-state index is -5.00. The van der Waals surface area contributed by atoms with E-state index in [-0.39, 0.29) is 38.0 Å². The molecular formula is C19H17F6N3O4. The summed E-state index contributed by atoms with van der Waals surface area (Å²) in [4.78, 5) is 25.3. The van der Waals surface area contributed by atoms with Gasteiger partial charge in [0.15, 0.2) is 5.69 Å². The fraction of sp³-hybridized carbons (Fsp3) is 0.421. The van der Waals surface area contributed by atoms with Crippen LogP contribution in [0.2, 0.25) is 0 Å². The Balaban J connectivity index is 1.69. The van der Waals surface area contributed by atoms with E-state index in [0.717, 1.165) is 0 Å². The fourth-order valence-electron chi connectivity index (χ4n) is 3.07. The number of esters is 1. The molecule has 32 heavy (non-hydrogen) atoms. The van der Waals surface area contributed by atoms with Crippen LogP contribution in [0, 0.1) is 0 Å². The standard InChI is InChI=1S/C19H17F6N3O4/c1-2-31-16(29)15-8-14-9-27(3-4-28(14)26-15)17(30)32-10-11-5-12(18(20,21)22)7-13(6-11)19(23,24)25/h5-8H,2-4,9-10H2,1H3. The number of amides is 1. The first-order valence-corrected chi connectivity index (χ1v) is 9.32. The number of carbonyl (C=O) groups excluding carboxylic acids is 2. The summed E-state index contributed by atoms with van der Waals surface area (Å²) in [5.41, 5.74) is -2.89. The minimum absolute atomic E-state index is 0.00174. The molecule has 1 aromatic heterocycles. The van der Waals surface area contributed by atoms with Crippen LogP contribution in [0.3, 0.4) is 0 Å². The Bertz CT molecular complexity index is 983. The largest absolute Gasteiger partial charge is 0.461 e. The summed E-state index contributed by atoms with van der Waals surface area (Å²) < 4.78 is 89.0. The average Bonchev–Trinajstić information content (AvgIpc) is 3.14. The molecule has 0 fully saturated rings. The highest BCUT2D eigenvalue weighted by molar-refractivity contribution is 5.87. The van der Waals surface area contributed by atoms with Crippen molar-refractivity contribution in [1.29, 1.82) is 0 Å². The molecule has 1 aliphatic rings. The van der Waals surface area contributed by atoms with Gasteiger partial charge in [-0.1, -0.05) is 0 Å². The molecule has 7 nitrogen and oxygen atoms in total. The zero-order chi connectivity index (χ0) is 23.7. The van der Waals surface area contributed by atoms with Gasteiger partial charge in [-0.3, -0.25) is 4.68 Å². The topological polar surface area (TPSA) is 73.7 Å². The van der Waals surface area contributed by atoms with E-state index in [1.807, 2.05) is 0 Å². The fourth-order valence-corrected chi connectivity index (χ4v) is 3.07. The summed E-state index contributed by atoms with van der Waals surface area (Å²) in [6.45, 7) is 1.33. The molecule has 2 aromatic rings. The number of ether oxygens (including phenoxy) is 2. The predicted molar refractivity (Wildman–Crippen MR) is 95.2 cm³/mol. The van der Waals surface area contributed by atoms with Crippen LogP contribution in [0.5, 0.6) is 0 Å². The molecule has 0 bridgehead atoms. The lowest BCUT2D eigenvalue weighted by atomic mass is 10.1. The number of halogens is 6. The highest BCUT2D eigenvalue weighted by Crippen LogP contribution is 2.36. The number of fused-ring (bicyclic) bond motifs is 1. The van der Waals surface area contributed by atoms with E-state index in [0.29, 0.717) is 17.8 Å². The van der Waals surface area contributed by atoms with Gasteiger partial charge in [0, 0.05) is 6.54 Å². The van der Waals surface area contributed by atoms with Gasteiger partial charge in [-0.05, 0) is 36.8 Å². The van der Waals surface area contributed by atoms with E-state index in [1.165, 1.54) is 15.6 Å². The maximum atomic E-state index is 12.9. The van der Waals surface area contributed by atoms with Crippen LogP contribution in [0.15, 0.2) is 24.3 Å². The molecule has 1 aromatic carbocycles. The van der Waals surface area contributed by atoms with E-state index >= 15 is 0 Å². The molecule has 2 heterocycles. The summed E-state index contributed by atoms with van der Waals surface area (Å²) in [5.74, 6) is -0.631. The Labute approximate surface area is 177 Å². The van der Waals surface area contributed by atoms with Crippen LogP contribution < -0.4 is 0 Å². The number of benzene rings is 1. The third-order valence-electron chi connectivity index (χ3n) is 4.55. The molecule has 174 valence electrons. The summed E-state index contributed by atoms with van der Waals surface area (Å²) in [6.07, 6.45) is -10.9. The van der Waals surface area contributed by atoms with Gasteiger partial charge in [0.05, 0.1) is 36.5 Å². The third kappa shape index (κ3) is 5.32. The summed E-state index contributed by atoms with van der Waals surface area (Å²) >= 11 is 0. The highest BCUT2D eigenvalue weighted by atomic mass is 19.4. The van der Waals surface area contributed by atoms with Crippen LogP contribution in [-0.2, 0) is 41.5 Å². The molecule has 0 aliphatic carbocycles. The van der Waals surface area contributed by atoms with Crippen molar-refractivity contribution in [3.05, 3.63) is 52.3 Å². The van der Waals surface area contributed by atoms with Crippen LogP contribution in [0.25, 0.3) is 0 Å². The van der Waals surface area contributed by atoms with Crippen molar-refractivity contribution < 1.29 is 45.4 Å². The van der Waals surface area contributed by atoms with Crippen molar-refractivity contribution >= 4 is 12.1 Å². The highest BCUT2D eigenvalue weighted by Gasteiger charge is 2.37. The molecule has 0 saturated carbocycles. The first-order chi connectivity index (χ1) is 14.9. The van der Waals surface area contributed by atoms with Gasteiger partial charge in [0.1, 0.15) is 6.61 Å². The second-order valence-corrected chi connectivity index (χ2v) is 6.85. The Morgan fingerprint density at radius 3 is 2.16 bits per heavy atom. The second-order valence-electron chi connectivity index (χ2n) is 6.85. The van der Waals surface area contributed by atoms with E-state index in [1.54, 1.807) is 6.92 Å². The van der Waals surface area contributed by atoms with Gasteiger partial charge in [-0.2, -0.15) is 31.4 Å². The molecule has 0 unspecified atom stereocenters. The summed E-state index contributed by atoms with van der Waals surface area (Å²) in [6, 6.07) is 2.43. The van der Waals surface area contributed by atoms with Gasteiger partial charge in [-0.25, -0.2) is 9.59 Å². The van der Waals surface area contributed by atoms with E-state index in [4.69, 9.17) is 9.47 Å². The number of hydrogen-bond donors (Lipinski definition) is 0. The molecule has 0 atom stereocenters. The lowest BCUT2D eigenvalue weighted by Crippen LogP contribution is -2.38. The van der Waals surface area contributed by atoms with Gasteiger partial charge >= 0.3 is 24.4 Å². The van der Waals surface area contributed by atoms with Gasteiger partial charge in [0.25, 0.3) is 0 Å². The van der Waals surface area contributed by atoms with E-state index in [2.05, 4.69) is 5.10 Å². The quantitative estimate of drug-likeness (QED) is 0.499. The molecule has 0 saturated heterocycles. The maximum absolute atomic E-state index is 12.9. The Morgan fingerprint density at radius 1 is 0.969 bits per heavy atom. The van der Waals surface area contributed by atoms with Crippen molar-refractivity contribution in [1.82, 2.24) is 14.7 Å². The van der Waals surface area contributed by atoms with Crippen molar-refractivity contribution in [3.63, 3.8) is 0 Å². The molecule has 1 amide bonds. The van der Waals surface area contributed by atoms with Crippen LogP contribution in [0.4, 0.5) is 31.1 Å². The van der Waals surface area contributed by atoms with Crippen LogP contribution >= 0.6 is 0 Å². The van der Waals surface area contributed by atoms with Crippen molar-refractivity contribution in [3.8, 4) is 0 Å². The van der Waals surface area contributed by atoms with Crippen molar-refractivity contribution in [2.45, 2.75) is 39.0 Å². The molecule has 0 spiro atoms. The SMILES string of the molecule is CCOC(=O)c1cc2n(n1)CCN(C(=O)OCc1cc(C(F)(F)F)cc(C(F)(F)F)c1)C2. The summed E-state index contributed by atoms with van der Waals surface area (Å²) in [5, 5.41) is 4.07. The number of carbonyl (C=O) groups is 2. The molecule has 13 heteroatoms. The van der Waals surface area contributed by atoms with Gasteiger partial charge < -0.3 is 14.4 Å². The summed E-state index contributed by atoms with van der Waals surface area (Å²) in [7, 11) is 0. The first-order valence-electron chi connectivity index (χ1n) is 9.32. The predicted octanol–water partition coefficient (Wildman–Crippen LogP) is 4.25. The Hall–Kier alpha value is -3.25. The normalized spacial score (nSPS) is 14.2. The van der Waals surface area contributed by atoms with Gasteiger partial charge in [0.2, 0.25) is 0 Å². The number of aromatic nitrogens is 2. The molecule has 0 radical (unpaired) electrons. The van der Waals surface area contributed by atoms with Crippen molar-refractivity contribution in [2.75, 3.05) is 13.2 Å². The van der Waals surface area contributed by atoms with Crippen LogP contribution in [-0.4, -0.2) is 39.9 Å². The second kappa shape index (κ2) is 8.71. The molecular weight excluding hydrogens is 448 g/mol.